The third-order valence-electron chi connectivity index (χ3n) is 5.84. The Morgan fingerprint density at radius 1 is 0.700 bits per heavy atom. The van der Waals surface area contributed by atoms with Crippen LogP contribution in [0.25, 0.3) is 22.1 Å². The fraction of sp³-hybridized carbons (Fsp3) is 0.143. The van der Waals surface area contributed by atoms with Gasteiger partial charge in [-0.2, -0.15) is 0 Å². The quantitative estimate of drug-likeness (QED) is 0.355. The van der Waals surface area contributed by atoms with Crippen molar-refractivity contribution in [2.24, 2.45) is 0 Å². The third-order valence-corrected chi connectivity index (χ3v) is 5.84. The molecule has 30 heavy (non-hydrogen) atoms. The highest BCUT2D eigenvalue weighted by atomic mass is 16.5. The fourth-order valence-electron chi connectivity index (χ4n) is 4.58. The first-order valence-electron chi connectivity index (χ1n) is 10.4. The normalized spacial score (nSPS) is 13.5. The monoisotopic (exact) mass is 392 g/mol. The van der Waals surface area contributed by atoms with E-state index < -0.39 is 0 Å². The molecule has 1 aliphatic carbocycles. The summed E-state index contributed by atoms with van der Waals surface area (Å²) in [5.74, 6) is 1.92. The van der Waals surface area contributed by atoms with E-state index >= 15 is 0 Å². The van der Waals surface area contributed by atoms with Crippen molar-refractivity contribution < 1.29 is 9.47 Å². The van der Waals surface area contributed by atoms with Crippen LogP contribution in [0.5, 0.6) is 5.75 Å². The van der Waals surface area contributed by atoms with Gasteiger partial charge in [0, 0.05) is 22.4 Å². The standard InChI is InChI=1S/C28H24O2/c1-3-30-28-24-14-8-12-20-11-7-13-23(26(20)24)27(28)25(19-9-5-4-6-10-19)21-15-17-22(29-2)18-16-21/h4-18,25H,3H2,1-2H3. The number of hydrogen-bond acceptors (Lipinski definition) is 2. The van der Waals surface area contributed by atoms with Gasteiger partial charge in [0.1, 0.15) is 11.5 Å². The number of allylic oxidation sites excluding steroid dienone is 1. The zero-order valence-corrected chi connectivity index (χ0v) is 17.3. The molecule has 2 nitrogen and oxygen atoms in total. The molecule has 0 spiro atoms. The largest absolute Gasteiger partial charge is 0.497 e. The van der Waals surface area contributed by atoms with Gasteiger partial charge in [0.05, 0.1) is 13.7 Å². The van der Waals surface area contributed by atoms with Gasteiger partial charge in [-0.15, -0.1) is 0 Å². The number of rotatable bonds is 6. The molecule has 0 aromatic heterocycles. The molecule has 148 valence electrons. The molecular formula is C28H24O2. The lowest BCUT2D eigenvalue weighted by Gasteiger charge is -2.23. The summed E-state index contributed by atoms with van der Waals surface area (Å²) < 4.78 is 11.7. The predicted octanol–water partition coefficient (Wildman–Crippen LogP) is 6.90. The maximum Gasteiger partial charge on any atom is 0.131 e. The van der Waals surface area contributed by atoms with Gasteiger partial charge in [0.25, 0.3) is 0 Å². The maximum absolute atomic E-state index is 6.31. The Morgan fingerprint density at radius 2 is 1.37 bits per heavy atom. The first kappa shape index (κ1) is 18.5. The summed E-state index contributed by atoms with van der Waals surface area (Å²) in [5.41, 5.74) is 6.16. The number of methoxy groups -OCH3 is 1. The molecule has 4 aromatic carbocycles. The minimum atomic E-state index is 0.0663. The number of benzene rings is 4. The highest BCUT2D eigenvalue weighted by Gasteiger charge is 2.32. The summed E-state index contributed by atoms with van der Waals surface area (Å²) in [6, 6.07) is 32.1. The Kier molecular flexibility index (Phi) is 4.76. The summed E-state index contributed by atoms with van der Waals surface area (Å²) in [6.07, 6.45) is 0. The molecule has 0 radical (unpaired) electrons. The fourth-order valence-corrected chi connectivity index (χ4v) is 4.58. The first-order chi connectivity index (χ1) is 14.8. The highest BCUT2D eigenvalue weighted by Crippen LogP contribution is 2.50. The van der Waals surface area contributed by atoms with Gasteiger partial charge in [-0.1, -0.05) is 78.9 Å². The van der Waals surface area contributed by atoms with Crippen molar-refractivity contribution in [1.82, 2.24) is 0 Å². The van der Waals surface area contributed by atoms with Crippen LogP contribution in [0.2, 0.25) is 0 Å². The van der Waals surface area contributed by atoms with E-state index in [0.29, 0.717) is 6.61 Å². The van der Waals surface area contributed by atoms with Crippen LogP contribution in [0.1, 0.15) is 35.1 Å². The Bertz CT molecular complexity index is 1220. The van der Waals surface area contributed by atoms with Crippen LogP contribution in [0, 0.1) is 0 Å². The van der Waals surface area contributed by atoms with E-state index in [4.69, 9.17) is 9.47 Å². The van der Waals surface area contributed by atoms with Crippen LogP contribution in [0.3, 0.4) is 0 Å². The average Bonchev–Trinajstić information content (AvgIpc) is 3.11. The van der Waals surface area contributed by atoms with Gasteiger partial charge in [0.2, 0.25) is 0 Å². The molecule has 0 bridgehead atoms. The molecule has 5 rings (SSSR count). The SMILES string of the molecule is CCOC1=C(C(c2ccccc2)c2ccc(OC)cc2)c2cccc3cccc1c23. The summed E-state index contributed by atoms with van der Waals surface area (Å²) >= 11 is 0. The molecule has 0 fully saturated rings. The Balaban J connectivity index is 1.79. The predicted molar refractivity (Wildman–Crippen MR) is 124 cm³/mol. The summed E-state index contributed by atoms with van der Waals surface area (Å²) in [6.45, 7) is 2.69. The summed E-state index contributed by atoms with van der Waals surface area (Å²) in [5, 5.41) is 2.53. The van der Waals surface area contributed by atoms with Crippen LogP contribution in [-0.2, 0) is 4.74 Å². The van der Waals surface area contributed by atoms with Gasteiger partial charge < -0.3 is 9.47 Å². The molecule has 1 aliphatic rings. The zero-order chi connectivity index (χ0) is 20.5. The lowest BCUT2D eigenvalue weighted by atomic mass is 9.82. The summed E-state index contributed by atoms with van der Waals surface area (Å²) in [7, 11) is 1.70. The van der Waals surface area contributed by atoms with Crippen LogP contribution < -0.4 is 4.74 Å². The molecule has 1 unspecified atom stereocenters. The van der Waals surface area contributed by atoms with Gasteiger partial charge in [-0.3, -0.25) is 0 Å². The molecule has 0 heterocycles. The second-order valence-electron chi connectivity index (χ2n) is 7.50. The van der Waals surface area contributed by atoms with E-state index in [0.717, 1.165) is 11.5 Å². The lowest BCUT2D eigenvalue weighted by molar-refractivity contribution is 0.299. The van der Waals surface area contributed by atoms with Gasteiger partial charge >= 0.3 is 0 Å². The highest BCUT2D eigenvalue weighted by molar-refractivity contribution is 6.13. The van der Waals surface area contributed by atoms with Gasteiger partial charge in [0.15, 0.2) is 0 Å². The van der Waals surface area contributed by atoms with Crippen LogP contribution >= 0.6 is 0 Å². The maximum atomic E-state index is 6.31. The Labute approximate surface area is 177 Å². The van der Waals surface area contributed by atoms with E-state index in [1.54, 1.807) is 7.11 Å². The molecule has 4 aromatic rings. The van der Waals surface area contributed by atoms with E-state index in [1.807, 2.05) is 12.1 Å². The van der Waals surface area contributed by atoms with Crippen molar-refractivity contribution in [2.75, 3.05) is 13.7 Å². The van der Waals surface area contributed by atoms with Gasteiger partial charge in [-0.05, 0) is 41.1 Å². The molecule has 0 saturated heterocycles. The first-order valence-corrected chi connectivity index (χ1v) is 10.4. The van der Waals surface area contributed by atoms with E-state index in [9.17, 15) is 0 Å². The minimum absolute atomic E-state index is 0.0663. The van der Waals surface area contributed by atoms with Gasteiger partial charge in [-0.25, -0.2) is 0 Å². The second-order valence-corrected chi connectivity index (χ2v) is 7.50. The molecule has 0 N–H and O–H groups in total. The molecule has 2 heteroatoms. The number of hydrogen-bond donors (Lipinski definition) is 0. The van der Waals surface area contributed by atoms with E-state index in [1.165, 1.54) is 38.6 Å². The average molecular weight is 392 g/mol. The number of ether oxygens (including phenoxy) is 2. The van der Waals surface area contributed by atoms with Crippen LogP contribution in [0.15, 0.2) is 91.0 Å². The van der Waals surface area contributed by atoms with E-state index in [-0.39, 0.29) is 5.92 Å². The van der Waals surface area contributed by atoms with Crippen molar-refractivity contribution in [2.45, 2.75) is 12.8 Å². The molecule has 0 amide bonds. The second kappa shape index (κ2) is 7.72. The Morgan fingerprint density at radius 3 is 2.03 bits per heavy atom. The van der Waals surface area contributed by atoms with Crippen molar-refractivity contribution in [1.29, 1.82) is 0 Å². The minimum Gasteiger partial charge on any atom is -0.497 e. The summed E-state index contributed by atoms with van der Waals surface area (Å²) in [4.78, 5) is 0. The van der Waals surface area contributed by atoms with Crippen molar-refractivity contribution in [3.05, 3.63) is 113 Å². The van der Waals surface area contributed by atoms with E-state index in [2.05, 4.69) is 85.8 Å². The topological polar surface area (TPSA) is 18.5 Å². The van der Waals surface area contributed by atoms with Crippen molar-refractivity contribution >= 4 is 22.1 Å². The Hall–Kier alpha value is -3.52. The lowest BCUT2D eigenvalue weighted by Crippen LogP contribution is -2.06. The third kappa shape index (κ3) is 2.96. The molecular weight excluding hydrogens is 368 g/mol. The zero-order valence-electron chi connectivity index (χ0n) is 17.3. The molecule has 0 saturated carbocycles. The van der Waals surface area contributed by atoms with Crippen molar-refractivity contribution in [3.63, 3.8) is 0 Å². The van der Waals surface area contributed by atoms with Crippen LogP contribution in [-0.4, -0.2) is 13.7 Å². The van der Waals surface area contributed by atoms with Crippen molar-refractivity contribution in [3.8, 4) is 5.75 Å². The van der Waals surface area contributed by atoms with Crippen LogP contribution in [0.4, 0.5) is 0 Å². The molecule has 0 aliphatic heterocycles. The smallest absolute Gasteiger partial charge is 0.131 e. The molecule has 1 atom stereocenters.